The highest BCUT2D eigenvalue weighted by molar-refractivity contribution is 8.13. The van der Waals surface area contributed by atoms with E-state index < -0.39 is 43.1 Å². The molecule has 4 nitrogen and oxygen atoms in total. The molecule has 0 aliphatic rings. The van der Waals surface area contributed by atoms with Crippen LogP contribution in [0.2, 0.25) is 0 Å². The number of hydrogen-bond acceptors (Lipinski definition) is 3. The van der Waals surface area contributed by atoms with E-state index in [9.17, 15) is 22.0 Å². The van der Waals surface area contributed by atoms with Gasteiger partial charge in [0.25, 0.3) is 9.05 Å². The van der Waals surface area contributed by atoms with Crippen LogP contribution in [0.4, 0.5) is 14.5 Å². The van der Waals surface area contributed by atoms with Crippen molar-refractivity contribution in [2.45, 2.75) is 25.7 Å². The molecule has 1 rings (SSSR count). The molecule has 0 aromatic heterocycles. The van der Waals surface area contributed by atoms with Gasteiger partial charge in [-0.15, -0.1) is 0 Å². The standard InChI is InChI=1S/C12H14ClF2NO3S/c1-6(2)7(3)12(17)16-11-9(14)4-8(5-10(11)15)20(13,18)19/h4-7H,1-3H3,(H,16,17). The van der Waals surface area contributed by atoms with E-state index in [0.717, 1.165) is 0 Å². The second-order valence-electron chi connectivity index (χ2n) is 4.72. The third-order valence-electron chi connectivity index (χ3n) is 2.96. The van der Waals surface area contributed by atoms with Gasteiger partial charge in [0.1, 0.15) is 5.69 Å². The lowest BCUT2D eigenvalue weighted by atomic mass is 9.97. The Morgan fingerprint density at radius 3 is 2.00 bits per heavy atom. The predicted molar refractivity (Wildman–Crippen MR) is 72.0 cm³/mol. The summed E-state index contributed by atoms with van der Waals surface area (Å²) < 4.78 is 49.4. The van der Waals surface area contributed by atoms with Crippen molar-refractivity contribution in [1.82, 2.24) is 0 Å². The monoisotopic (exact) mass is 325 g/mol. The number of rotatable bonds is 4. The van der Waals surface area contributed by atoms with E-state index in [4.69, 9.17) is 10.7 Å². The first-order valence-electron chi connectivity index (χ1n) is 5.78. The molecular formula is C12H14ClF2NO3S. The molecule has 0 saturated carbocycles. The molecule has 0 aliphatic heterocycles. The molecule has 20 heavy (non-hydrogen) atoms. The molecular weight excluding hydrogens is 312 g/mol. The lowest BCUT2D eigenvalue weighted by Gasteiger charge is -2.16. The lowest BCUT2D eigenvalue weighted by Crippen LogP contribution is -2.25. The van der Waals surface area contributed by atoms with Gasteiger partial charge in [-0.05, 0) is 18.1 Å². The molecule has 1 amide bonds. The number of nitrogens with one attached hydrogen (secondary N) is 1. The van der Waals surface area contributed by atoms with E-state index in [0.29, 0.717) is 12.1 Å². The van der Waals surface area contributed by atoms with Crippen LogP contribution in [0.3, 0.4) is 0 Å². The second-order valence-corrected chi connectivity index (χ2v) is 7.29. The van der Waals surface area contributed by atoms with Gasteiger partial charge in [0, 0.05) is 16.6 Å². The minimum atomic E-state index is -4.24. The number of amides is 1. The summed E-state index contributed by atoms with van der Waals surface area (Å²) in [6.45, 7) is 5.20. The molecule has 1 atom stereocenters. The Morgan fingerprint density at radius 2 is 1.65 bits per heavy atom. The predicted octanol–water partition coefficient (Wildman–Crippen LogP) is 3.12. The van der Waals surface area contributed by atoms with Crippen LogP contribution >= 0.6 is 10.7 Å². The van der Waals surface area contributed by atoms with Crippen molar-refractivity contribution < 1.29 is 22.0 Å². The number of halogens is 3. The van der Waals surface area contributed by atoms with E-state index in [1.807, 2.05) is 0 Å². The Kier molecular flexibility index (Phi) is 5.10. The molecule has 0 saturated heterocycles. The number of benzene rings is 1. The average molecular weight is 326 g/mol. The highest BCUT2D eigenvalue weighted by atomic mass is 35.7. The van der Waals surface area contributed by atoms with Crippen LogP contribution in [0.5, 0.6) is 0 Å². The summed E-state index contributed by atoms with van der Waals surface area (Å²) in [7, 11) is 0.761. The number of anilines is 1. The third kappa shape index (κ3) is 3.89. The number of carbonyl (C=O) groups excluding carboxylic acids is 1. The van der Waals surface area contributed by atoms with Gasteiger partial charge in [-0.25, -0.2) is 17.2 Å². The van der Waals surface area contributed by atoms with E-state index in [1.54, 1.807) is 20.8 Å². The maximum absolute atomic E-state index is 13.7. The van der Waals surface area contributed by atoms with Gasteiger partial charge in [-0.2, -0.15) is 0 Å². The van der Waals surface area contributed by atoms with Crippen molar-refractivity contribution in [3.05, 3.63) is 23.8 Å². The average Bonchev–Trinajstić information content (AvgIpc) is 2.30. The number of carbonyl (C=O) groups is 1. The van der Waals surface area contributed by atoms with Gasteiger partial charge in [0.05, 0.1) is 4.90 Å². The van der Waals surface area contributed by atoms with Crippen molar-refractivity contribution in [3.8, 4) is 0 Å². The van der Waals surface area contributed by atoms with Crippen LogP contribution < -0.4 is 5.32 Å². The molecule has 1 aromatic rings. The van der Waals surface area contributed by atoms with Crippen LogP contribution in [0.1, 0.15) is 20.8 Å². The maximum atomic E-state index is 13.7. The van der Waals surface area contributed by atoms with Crippen molar-refractivity contribution >= 4 is 31.3 Å². The first kappa shape index (κ1) is 16.8. The summed E-state index contributed by atoms with van der Waals surface area (Å²) in [4.78, 5) is 11.0. The van der Waals surface area contributed by atoms with Gasteiger partial charge in [-0.1, -0.05) is 20.8 Å². The van der Waals surface area contributed by atoms with Gasteiger partial charge in [0.2, 0.25) is 5.91 Å². The summed E-state index contributed by atoms with van der Waals surface area (Å²) in [5.41, 5.74) is -0.688. The van der Waals surface area contributed by atoms with E-state index in [-0.39, 0.29) is 5.92 Å². The normalized spacial score (nSPS) is 13.3. The molecule has 0 heterocycles. The Balaban J connectivity index is 3.13. The fourth-order valence-corrected chi connectivity index (χ4v) is 2.11. The van der Waals surface area contributed by atoms with Crippen molar-refractivity contribution in [1.29, 1.82) is 0 Å². The van der Waals surface area contributed by atoms with Gasteiger partial charge < -0.3 is 5.32 Å². The maximum Gasteiger partial charge on any atom is 0.261 e. The molecule has 1 unspecified atom stereocenters. The fraction of sp³-hybridized carbons (Fsp3) is 0.417. The Morgan fingerprint density at radius 1 is 1.20 bits per heavy atom. The zero-order chi connectivity index (χ0) is 15.7. The van der Waals surface area contributed by atoms with Crippen molar-refractivity contribution in [2.75, 3.05) is 5.32 Å². The smallest absolute Gasteiger partial charge is 0.261 e. The first-order valence-corrected chi connectivity index (χ1v) is 8.09. The zero-order valence-electron chi connectivity index (χ0n) is 11.1. The lowest BCUT2D eigenvalue weighted by molar-refractivity contribution is -0.120. The molecule has 1 aromatic carbocycles. The highest BCUT2D eigenvalue weighted by Gasteiger charge is 2.22. The van der Waals surface area contributed by atoms with E-state index in [1.165, 1.54) is 0 Å². The molecule has 1 N–H and O–H groups in total. The third-order valence-corrected chi connectivity index (χ3v) is 4.29. The second kappa shape index (κ2) is 6.05. The van der Waals surface area contributed by atoms with Crippen LogP contribution in [-0.2, 0) is 13.8 Å². The quantitative estimate of drug-likeness (QED) is 0.865. The summed E-state index contributed by atoms with van der Waals surface area (Å²) in [5.74, 6) is -3.42. The van der Waals surface area contributed by atoms with Crippen LogP contribution in [0.15, 0.2) is 17.0 Å². The highest BCUT2D eigenvalue weighted by Crippen LogP contribution is 2.26. The summed E-state index contributed by atoms with van der Waals surface area (Å²) in [5, 5.41) is 2.11. The Labute approximate surface area is 120 Å². The van der Waals surface area contributed by atoms with Crippen molar-refractivity contribution in [3.63, 3.8) is 0 Å². The van der Waals surface area contributed by atoms with Gasteiger partial charge >= 0.3 is 0 Å². The summed E-state index contributed by atoms with van der Waals surface area (Å²) >= 11 is 0. The molecule has 0 spiro atoms. The largest absolute Gasteiger partial charge is 0.321 e. The fourth-order valence-electron chi connectivity index (χ4n) is 1.35. The SMILES string of the molecule is CC(C)C(C)C(=O)Nc1c(F)cc(S(=O)(=O)Cl)cc1F. The Bertz CT molecular complexity index is 609. The van der Waals surface area contributed by atoms with Crippen LogP contribution in [0, 0.1) is 23.5 Å². The summed E-state index contributed by atoms with van der Waals surface area (Å²) in [6, 6.07) is 1.11. The van der Waals surface area contributed by atoms with Gasteiger partial charge in [-0.3, -0.25) is 4.79 Å². The summed E-state index contributed by atoms with van der Waals surface area (Å²) in [6.07, 6.45) is 0. The minimum Gasteiger partial charge on any atom is -0.321 e. The molecule has 112 valence electrons. The molecule has 0 fully saturated rings. The zero-order valence-corrected chi connectivity index (χ0v) is 12.6. The molecule has 0 aliphatic carbocycles. The first-order chi connectivity index (χ1) is 9.04. The molecule has 0 bridgehead atoms. The molecule has 0 radical (unpaired) electrons. The van der Waals surface area contributed by atoms with E-state index in [2.05, 4.69) is 5.32 Å². The minimum absolute atomic E-state index is 0.0105. The van der Waals surface area contributed by atoms with Crippen molar-refractivity contribution in [2.24, 2.45) is 11.8 Å². The molecule has 8 heteroatoms. The van der Waals surface area contributed by atoms with Gasteiger partial charge in [0.15, 0.2) is 11.6 Å². The van der Waals surface area contributed by atoms with Crippen LogP contribution in [0.25, 0.3) is 0 Å². The number of hydrogen-bond donors (Lipinski definition) is 1. The Hall–Kier alpha value is -1.21. The van der Waals surface area contributed by atoms with Crippen LogP contribution in [-0.4, -0.2) is 14.3 Å². The van der Waals surface area contributed by atoms with E-state index >= 15 is 0 Å². The topological polar surface area (TPSA) is 63.2 Å².